The van der Waals surface area contributed by atoms with Gasteiger partial charge in [0.15, 0.2) is 0 Å². The van der Waals surface area contributed by atoms with E-state index in [0.29, 0.717) is 5.56 Å². The van der Waals surface area contributed by atoms with Crippen LogP contribution in [0.3, 0.4) is 0 Å². The second-order valence-corrected chi connectivity index (χ2v) is 4.10. The molecule has 0 aliphatic rings. The van der Waals surface area contributed by atoms with E-state index in [1.165, 1.54) is 11.1 Å². The molecule has 0 unspecified atom stereocenters. The zero-order valence-electron chi connectivity index (χ0n) is 8.69. The molecular weight excluding hydrogens is 220 g/mol. The van der Waals surface area contributed by atoms with Crippen LogP contribution in [0.4, 0.5) is 0 Å². The second-order valence-electron chi connectivity index (χ2n) is 3.67. The average molecular weight is 231 g/mol. The number of benzene rings is 2. The Morgan fingerprint density at radius 3 is 2.38 bits per heavy atom. The Morgan fingerprint density at radius 2 is 1.75 bits per heavy atom. The molecule has 0 bridgehead atoms. The molecular formula is C14H11ClO. The van der Waals surface area contributed by atoms with Crippen LogP contribution in [-0.2, 0) is 6.42 Å². The molecule has 0 aliphatic heterocycles. The molecule has 2 aromatic carbocycles. The first-order valence-corrected chi connectivity index (χ1v) is 5.44. The monoisotopic (exact) mass is 230 g/mol. The number of hydrogen-bond acceptors (Lipinski definition) is 1. The molecule has 16 heavy (non-hydrogen) atoms. The van der Waals surface area contributed by atoms with Gasteiger partial charge in [0.05, 0.1) is 0 Å². The minimum absolute atomic E-state index is 0.704. The second kappa shape index (κ2) is 4.95. The van der Waals surface area contributed by atoms with Crippen LogP contribution < -0.4 is 0 Å². The van der Waals surface area contributed by atoms with Crippen molar-refractivity contribution in [2.45, 2.75) is 6.42 Å². The molecule has 0 aliphatic carbocycles. The van der Waals surface area contributed by atoms with E-state index in [2.05, 4.69) is 0 Å². The van der Waals surface area contributed by atoms with Crippen molar-refractivity contribution in [3.05, 3.63) is 70.2 Å². The van der Waals surface area contributed by atoms with Crippen LogP contribution >= 0.6 is 11.6 Å². The number of hydrogen-bond donors (Lipinski definition) is 0. The normalized spacial score (nSPS) is 10.1. The summed E-state index contributed by atoms with van der Waals surface area (Å²) >= 11 is 5.91. The first-order chi connectivity index (χ1) is 7.78. The Balaban J connectivity index is 2.17. The van der Waals surface area contributed by atoms with Crippen molar-refractivity contribution in [3.8, 4) is 0 Å². The highest BCUT2D eigenvalue weighted by molar-refractivity contribution is 6.30. The van der Waals surface area contributed by atoms with E-state index >= 15 is 0 Å². The molecule has 0 amide bonds. The summed E-state index contributed by atoms with van der Waals surface area (Å²) in [5.74, 6) is 0. The first kappa shape index (κ1) is 10.9. The van der Waals surface area contributed by atoms with E-state index in [0.717, 1.165) is 17.7 Å². The van der Waals surface area contributed by atoms with E-state index in [1.807, 2.05) is 48.5 Å². The standard InChI is InChI=1S/C14H11ClO/c15-14-3-1-2-13(9-14)8-11-4-6-12(10-16)7-5-11/h1-7,9-10H,8H2. The Kier molecular flexibility index (Phi) is 3.37. The van der Waals surface area contributed by atoms with Crippen molar-refractivity contribution in [1.29, 1.82) is 0 Å². The first-order valence-electron chi connectivity index (χ1n) is 5.06. The average Bonchev–Trinajstić information content (AvgIpc) is 2.30. The lowest BCUT2D eigenvalue weighted by Crippen LogP contribution is -1.88. The zero-order valence-corrected chi connectivity index (χ0v) is 9.45. The Morgan fingerprint density at radius 1 is 1.00 bits per heavy atom. The minimum Gasteiger partial charge on any atom is -0.298 e. The molecule has 80 valence electrons. The molecule has 0 N–H and O–H groups in total. The van der Waals surface area contributed by atoms with Crippen molar-refractivity contribution in [1.82, 2.24) is 0 Å². The molecule has 0 heterocycles. The van der Waals surface area contributed by atoms with Gasteiger partial charge in [-0.15, -0.1) is 0 Å². The van der Waals surface area contributed by atoms with Crippen LogP contribution in [0.15, 0.2) is 48.5 Å². The number of carbonyl (C=O) groups excluding carboxylic acids is 1. The van der Waals surface area contributed by atoms with Gasteiger partial charge in [0.1, 0.15) is 6.29 Å². The molecule has 0 saturated heterocycles. The highest BCUT2D eigenvalue weighted by Crippen LogP contribution is 2.14. The maximum atomic E-state index is 10.5. The maximum absolute atomic E-state index is 10.5. The van der Waals surface area contributed by atoms with Gasteiger partial charge in [0.2, 0.25) is 0 Å². The molecule has 0 aromatic heterocycles. The highest BCUT2D eigenvalue weighted by Gasteiger charge is 1.97. The molecule has 0 saturated carbocycles. The Hall–Kier alpha value is -1.60. The predicted octanol–water partition coefficient (Wildman–Crippen LogP) is 3.74. The van der Waals surface area contributed by atoms with Crippen LogP contribution in [0.5, 0.6) is 0 Å². The van der Waals surface area contributed by atoms with Crippen molar-refractivity contribution in [3.63, 3.8) is 0 Å². The summed E-state index contributed by atoms with van der Waals surface area (Å²) in [7, 11) is 0. The lowest BCUT2D eigenvalue weighted by molar-refractivity contribution is 0.112. The predicted molar refractivity (Wildman–Crippen MR) is 66.1 cm³/mol. The van der Waals surface area contributed by atoms with Gasteiger partial charge in [-0.25, -0.2) is 0 Å². The third kappa shape index (κ3) is 2.71. The van der Waals surface area contributed by atoms with Gasteiger partial charge in [-0.2, -0.15) is 0 Å². The molecule has 0 atom stereocenters. The van der Waals surface area contributed by atoms with Crippen molar-refractivity contribution in [2.75, 3.05) is 0 Å². The number of carbonyl (C=O) groups is 1. The fraction of sp³-hybridized carbons (Fsp3) is 0.0714. The summed E-state index contributed by atoms with van der Waals surface area (Å²) in [6, 6.07) is 15.4. The molecule has 2 heteroatoms. The Bertz CT molecular complexity index is 488. The summed E-state index contributed by atoms with van der Waals surface area (Å²) in [4.78, 5) is 10.5. The van der Waals surface area contributed by atoms with E-state index in [4.69, 9.17) is 11.6 Å². The summed E-state index contributed by atoms with van der Waals surface area (Å²) < 4.78 is 0. The van der Waals surface area contributed by atoms with Gasteiger partial charge < -0.3 is 0 Å². The van der Waals surface area contributed by atoms with E-state index < -0.39 is 0 Å². The number of halogens is 1. The molecule has 2 aromatic rings. The summed E-state index contributed by atoms with van der Waals surface area (Å²) in [5, 5.41) is 0.752. The van der Waals surface area contributed by atoms with Crippen LogP contribution in [0, 0.1) is 0 Å². The topological polar surface area (TPSA) is 17.1 Å². The van der Waals surface area contributed by atoms with E-state index in [9.17, 15) is 4.79 Å². The van der Waals surface area contributed by atoms with E-state index in [-0.39, 0.29) is 0 Å². The molecule has 2 rings (SSSR count). The highest BCUT2D eigenvalue weighted by atomic mass is 35.5. The van der Waals surface area contributed by atoms with Crippen molar-refractivity contribution in [2.24, 2.45) is 0 Å². The smallest absolute Gasteiger partial charge is 0.150 e. The van der Waals surface area contributed by atoms with Crippen molar-refractivity contribution >= 4 is 17.9 Å². The van der Waals surface area contributed by atoms with Crippen LogP contribution in [0.1, 0.15) is 21.5 Å². The summed E-state index contributed by atoms with van der Waals surface area (Å²) in [6.45, 7) is 0. The summed E-state index contributed by atoms with van der Waals surface area (Å²) in [5.41, 5.74) is 3.05. The van der Waals surface area contributed by atoms with Gasteiger partial charge in [0, 0.05) is 10.6 Å². The summed E-state index contributed by atoms with van der Waals surface area (Å²) in [6.07, 6.45) is 1.68. The van der Waals surface area contributed by atoms with Crippen LogP contribution in [-0.4, -0.2) is 6.29 Å². The number of rotatable bonds is 3. The minimum atomic E-state index is 0.704. The van der Waals surface area contributed by atoms with Gasteiger partial charge in [-0.1, -0.05) is 48.0 Å². The molecule has 0 fully saturated rings. The van der Waals surface area contributed by atoms with Gasteiger partial charge in [-0.05, 0) is 29.7 Å². The van der Waals surface area contributed by atoms with Crippen molar-refractivity contribution < 1.29 is 4.79 Å². The fourth-order valence-corrected chi connectivity index (χ4v) is 1.81. The van der Waals surface area contributed by atoms with Crippen LogP contribution in [0.25, 0.3) is 0 Å². The maximum Gasteiger partial charge on any atom is 0.150 e. The third-order valence-electron chi connectivity index (χ3n) is 2.41. The van der Waals surface area contributed by atoms with Gasteiger partial charge in [0.25, 0.3) is 0 Å². The largest absolute Gasteiger partial charge is 0.298 e. The van der Waals surface area contributed by atoms with Crippen LogP contribution in [0.2, 0.25) is 5.02 Å². The zero-order chi connectivity index (χ0) is 11.4. The SMILES string of the molecule is O=Cc1ccc(Cc2cccc(Cl)c2)cc1. The molecule has 1 nitrogen and oxygen atoms in total. The quantitative estimate of drug-likeness (QED) is 0.734. The fourth-order valence-electron chi connectivity index (χ4n) is 1.60. The number of aldehydes is 1. The lowest BCUT2D eigenvalue weighted by Gasteiger charge is -2.02. The third-order valence-corrected chi connectivity index (χ3v) is 2.65. The van der Waals surface area contributed by atoms with Gasteiger partial charge >= 0.3 is 0 Å². The lowest BCUT2D eigenvalue weighted by atomic mass is 10.0. The Labute approximate surface area is 99.7 Å². The van der Waals surface area contributed by atoms with Gasteiger partial charge in [-0.3, -0.25) is 4.79 Å². The molecule has 0 radical (unpaired) electrons. The molecule has 0 spiro atoms. The van der Waals surface area contributed by atoms with E-state index in [1.54, 1.807) is 0 Å².